The smallest absolute Gasteiger partial charge is 0.373 e. The van der Waals surface area contributed by atoms with Gasteiger partial charge in [-0.15, -0.1) is 0 Å². The fourth-order valence-electron chi connectivity index (χ4n) is 11.4. The first-order valence-electron chi connectivity index (χ1n) is 24.9. The molecule has 9 nitrogen and oxygen atoms in total. The number of nitrogens with one attached hydrogen (secondary N) is 1. The molecule has 8 rings (SSSR count). The van der Waals surface area contributed by atoms with Crippen LogP contribution in [0.1, 0.15) is 121 Å². The number of nitrogens with zero attached hydrogens (tertiary/aromatic N) is 4. The summed E-state index contributed by atoms with van der Waals surface area (Å²) < 4.78 is 12.8. The predicted molar refractivity (Wildman–Crippen MR) is 300 cm³/mol. The van der Waals surface area contributed by atoms with Crippen molar-refractivity contribution < 1.29 is 14.5 Å². The molecule has 0 saturated carbocycles. The van der Waals surface area contributed by atoms with E-state index in [-0.39, 0.29) is 23.9 Å². The maximum absolute atomic E-state index is 9.91. The molecule has 15 heteroatoms. The zero-order chi connectivity index (χ0) is 49.0. The van der Waals surface area contributed by atoms with E-state index in [0.717, 1.165) is 128 Å². The third kappa shape index (κ3) is 14.6. The second-order valence-corrected chi connectivity index (χ2v) is 22.5. The van der Waals surface area contributed by atoms with Gasteiger partial charge in [0.05, 0.1) is 11.4 Å². The number of aromatic nitrogens is 2. The summed E-state index contributed by atoms with van der Waals surface area (Å²) in [6.45, 7) is 9.50. The van der Waals surface area contributed by atoms with Crippen LogP contribution in [0.2, 0.25) is 16.9 Å². The maximum atomic E-state index is 9.91. The third-order valence-corrected chi connectivity index (χ3v) is 16.5. The second-order valence-electron chi connectivity index (χ2n) is 19.5. The number of likely N-dealkylation sites (tertiary alicyclic amines) is 2. The van der Waals surface area contributed by atoms with Crippen LogP contribution in [0.5, 0.6) is 0 Å². The molecule has 2 fully saturated rings. The Bertz CT molecular complexity index is 2250. The zero-order valence-corrected chi connectivity index (χ0v) is 46.3. The van der Waals surface area contributed by atoms with E-state index < -0.39 is 7.05 Å². The van der Waals surface area contributed by atoms with E-state index in [0.29, 0.717) is 29.7 Å². The molecule has 8 atom stereocenters. The highest BCUT2D eigenvalue weighted by Crippen LogP contribution is 2.47. The van der Waals surface area contributed by atoms with Gasteiger partial charge in [0.1, 0.15) is 0 Å². The van der Waals surface area contributed by atoms with Crippen LogP contribution in [0, 0.1) is 11.8 Å². The van der Waals surface area contributed by atoms with Gasteiger partial charge in [0.2, 0.25) is 0 Å². The number of fused-ring (bicyclic) bond motifs is 4. The first kappa shape index (κ1) is 54.7. The number of methoxy groups -OCH3 is 2. The molecule has 372 valence electrons. The lowest BCUT2D eigenvalue weighted by Gasteiger charge is -2.44. The van der Waals surface area contributed by atoms with E-state index in [4.69, 9.17) is 48.4 Å². The van der Waals surface area contributed by atoms with Crippen molar-refractivity contribution in [2.75, 3.05) is 59.4 Å². The van der Waals surface area contributed by atoms with Crippen LogP contribution in [0.15, 0.2) is 69.9 Å². The fraction of sp³-hybridized carbons (Fsp3) is 0.519. The number of piperidine rings is 2. The summed E-state index contributed by atoms with van der Waals surface area (Å²) in [5.74, 6) is 2.14. The van der Waals surface area contributed by atoms with Gasteiger partial charge in [-0.3, -0.25) is 19.8 Å². The fourth-order valence-corrected chi connectivity index (χ4v) is 12.6. The summed E-state index contributed by atoms with van der Waals surface area (Å²) >= 11 is 24.4. The number of hydrogen-bond donors (Lipinski definition) is 4. The third-order valence-electron chi connectivity index (χ3n) is 14.7. The van der Waals surface area contributed by atoms with Crippen molar-refractivity contribution in [3.05, 3.63) is 125 Å². The van der Waals surface area contributed by atoms with E-state index in [9.17, 15) is 5.02 Å². The molecule has 2 aliphatic carbocycles. The SMILES string of the molecule is CCC(CN1CCC(C2c3ccc(Cl)cc3C=Cc3cc(Br)cnc32)C[C@@H]1CCCOC)NB(C)O.COCCC[C@H]1CC(C2c3ccc(Cl)cc3C=Cc3cc(Br)cnc32)CCN1CC(N)CS. The Morgan fingerprint density at radius 2 is 1.23 bits per heavy atom. The van der Waals surface area contributed by atoms with Gasteiger partial charge in [-0.05, 0) is 191 Å². The molecular weight excluding hydrogens is 1050 g/mol. The predicted octanol–water partition coefficient (Wildman–Crippen LogP) is 12.0. The van der Waals surface area contributed by atoms with Gasteiger partial charge in [0, 0.05) is 114 Å². The van der Waals surface area contributed by atoms with E-state index in [1.165, 1.54) is 33.4 Å². The average Bonchev–Trinajstić information content (AvgIpc) is 3.59. The quantitative estimate of drug-likeness (QED) is 0.0440. The number of hydrogen-bond acceptors (Lipinski definition) is 10. The lowest BCUT2D eigenvalue weighted by Crippen LogP contribution is -2.52. The van der Waals surface area contributed by atoms with Gasteiger partial charge in [-0.1, -0.05) is 66.6 Å². The van der Waals surface area contributed by atoms with Gasteiger partial charge >= 0.3 is 7.05 Å². The first-order chi connectivity index (χ1) is 33.4. The largest absolute Gasteiger partial charge is 0.437 e. The molecular formula is C54H71BBr2Cl2N6O3S. The molecule has 0 spiro atoms. The summed E-state index contributed by atoms with van der Waals surface area (Å²) in [5, 5.41) is 14.8. The molecule has 2 aliphatic heterocycles. The molecule has 2 saturated heterocycles. The topological polar surface area (TPSA) is 109 Å². The Kier molecular flexibility index (Phi) is 21.2. The van der Waals surface area contributed by atoms with Crippen molar-refractivity contribution in [2.24, 2.45) is 17.6 Å². The number of thiol groups is 1. The molecule has 6 unspecified atom stereocenters. The van der Waals surface area contributed by atoms with Crippen LogP contribution < -0.4 is 11.0 Å². The molecule has 0 radical (unpaired) electrons. The van der Waals surface area contributed by atoms with Crippen molar-refractivity contribution in [1.29, 1.82) is 0 Å². The molecule has 2 aromatic carbocycles. The minimum atomic E-state index is -0.497. The minimum Gasteiger partial charge on any atom is -0.437 e. The molecule has 69 heavy (non-hydrogen) atoms. The lowest BCUT2D eigenvalue weighted by molar-refractivity contribution is 0.0810. The molecule has 0 amide bonds. The number of benzene rings is 2. The Morgan fingerprint density at radius 1 is 0.768 bits per heavy atom. The Balaban J connectivity index is 0.000000205. The van der Waals surface area contributed by atoms with E-state index in [2.05, 4.69) is 127 Å². The van der Waals surface area contributed by atoms with Gasteiger partial charge in [-0.25, -0.2) is 0 Å². The van der Waals surface area contributed by atoms with E-state index in [1.54, 1.807) is 21.0 Å². The summed E-state index contributed by atoms with van der Waals surface area (Å²) in [5.41, 5.74) is 16.0. The van der Waals surface area contributed by atoms with Crippen LogP contribution in [0.3, 0.4) is 0 Å². The monoisotopic (exact) mass is 1120 g/mol. The Hall–Kier alpha value is -2.11. The van der Waals surface area contributed by atoms with E-state index in [1.807, 2.05) is 24.5 Å². The van der Waals surface area contributed by atoms with Crippen molar-refractivity contribution in [2.45, 2.75) is 108 Å². The lowest BCUT2D eigenvalue weighted by atomic mass is 9.73. The summed E-state index contributed by atoms with van der Waals surface area (Å²) in [4.78, 5) is 15.1. The molecule has 0 bridgehead atoms. The number of rotatable bonds is 18. The molecule has 2 aromatic heterocycles. The van der Waals surface area contributed by atoms with Crippen LogP contribution in [0.25, 0.3) is 24.3 Å². The number of ether oxygens (including phenoxy) is 2. The Morgan fingerprint density at radius 3 is 1.67 bits per heavy atom. The van der Waals surface area contributed by atoms with Crippen molar-refractivity contribution in [3.63, 3.8) is 0 Å². The first-order valence-corrected chi connectivity index (χ1v) is 27.9. The van der Waals surface area contributed by atoms with Crippen molar-refractivity contribution in [3.8, 4) is 0 Å². The standard InChI is InChI=1S/C28H38BBrClN3O2.C26H33BrClN3OS/c1-4-24(33-29(2)35)18-34-12-11-20(16-25(34)6-5-13-36-3)27-26-10-9-23(31)15-19(26)7-8-21-14-22(30)17-32-28(21)27;1-32-10-2-3-23-13-18(8-9-31(23)15-22(29)16-33)25-24-7-6-21(28)12-17(24)4-5-19-11-20(27)14-30-26(19)25/h7-10,14-15,17,20,24-25,27,33,35H,4-6,11-13,16,18H2,1-3H3;4-7,11-12,14,18,22-23,25,33H,2-3,8-10,13,15-16,29H2,1H3/t20?,24?,25-,27?;18?,22?,23-,25?/m00/s1. The van der Waals surface area contributed by atoms with Crippen LogP contribution in [0.4, 0.5) is 0 Å². The number of pyridine rings is 2. The van der Waals surface area contributed by atoms with Crippen molar-refractivity contribution >= 4 is 99.0 Å². The summed E-state index contributed by atoms with van der Waals surface area (Å²) in [6, 6.07) is 18.3. The number of nitrogens with two attached hydrogens (primary N) is 1. The highest BCUT2D eigenvalue weighted by Gasteiger charge is 2.39. The minimum absolute atomic E-state index is 0.0968. The highest BCUT2D eigenvalue weighted by molar-refractivity contribution is 9.10. The molecule has 4 aliphatic rings. The van der Waals surface area contributed by atoms with Crippen molar-refractivity contribution in [1.82, 2.24) is 25.0 Å². The molecule has 4 N–H and O–H groups in total. The maximum Gasteiger partial charge on any atom is 0.373 e. The average molecular weight is 1130 g/mol. The van der Waals surface area contributed by atoms with E-state index >= 15 is 0 Å². The van der Waals surface area contributed by atoms with Gasteiger partial charge in [-0.2, -0.15) is 12.6 Å². The summed E-state index contributed by atoms with van der Waals surface area (Å²) in [7, 11) is 3.06. The molecule has 4 heterocycles. The zero-order valence-electron chi connectivity index (χ0n) is 40.7. The summed E-state index contributed by atoms with van der Waals surface area (Å²) in [6.07, 6.45) is 22.4. The van der Waals surface area contributed by atoms with Gasteiger partial charge < -0.3 is 25.5 Å². The second kappa shape index (κ2) is 26.7. The van der Waals surface area contributed by atoms with Crippen LogP contribution >= 0.6 is 67.7 Å². The van der Waals surface area contributed by atoms with Gasteiger partial charge in [0.15, 0.2) is 0 Å². The van der Waals surface area contributed by atoms with Crippen LogP contribution in [-0.2, 0) is 9.47 Å². The van der Waals surface area contributed by atoms with Crippen LogP contribution in [-0.4, -0.2) is 115 Å². The van der Waals surface area contributed by atoms with Gasteiger partial charge in [0.25, 0.3) is 0 Å². The molecule has 4 aromatic rings. The highest BCUT2D eigenvalue weighted by atomic mass is 79.9. The number of halogens is 4. The normalized spacial score (nSPS) is 23.1. The Labute approximate surface area is 444 Å².